The van der Waals surface area contributed by atoms with Crippen LogP contribution in [0.2, 0.25) is 5.02 Å². The van der Waals surface area contributed by atoms with Crippen LogP contribution in [0.15, 0.2) is 54.6 Å². The first kappa shape index (κ1) is 13.3. The number of benzene rings is 2. The van der Waals surface area contributed by atoms with Gasteiger partial charge in [0.25, 0.3) is 0 Å². The van der Waals surface area contributed by atoms with Gasteiger partial charge in [-0.05, 0) is 35.9 Å². The van der Waals surface area contributed by atoms with Crippen molar-refractivity contribution in [3.05, 3.63) is 71.0 Å². The molecule has 4 heteroatoms. The molecule has 0 spiro atoms. The standard InChI is InChI=1S/C15H11ClFNO/c16-12-5-3-4-11(10-12)8-9-15(19)18-14-7-2-1-6-13(14)17/h1-10H,(H,18,19)/b9-8+. The average Bonchev–Trinajstić information content (AvgIpc) is 2.39. The molecule has 0 heterocycles. The second-order valence-corrected chi connectivity index (χ2v) is 4.29. The quantitative estimate of drug-likeness (QED) is 0.839. The van der Waals surface area contributed by atoms with Crippen LogP contribution in [0.3, 0.4) is 0 Å². The molecular weight excluding hydrogens is 265 g/mol. The van der Waals surface area contributed by atoms with Crippen LogP contribution in [-0.4, -0.2) is 5.91 Å². The van der Waals surface area contributed by atoms with Crippen molar-refractivity contribution >= 4 is 29.3 Å². The van der Waals surface area contributed by atoms with Crippen LogP contribution in [0.5, 0.6) is 0 Å². The Morgan fingerprint density at radius 3 is 2.68 bits per heavy atom. The van der Waals surface area contributed by atoms with Crippen LogP contribution >= 0.6 is 11.6 Å². The van der Waals surface area contributed by atoms with E-state index >= 15 is 0 Å². The minimum Gasteiger partial charge on any atom is -0.320 e. The van der Waals surface area contributed by atoms with Crippen molar-refractivity contribution < 1.29 is 9.18 Å². The van der Waals surface area contributed by atoms with E-state index in [0.717, 1.165) is 5.56 Å². The van der Waals surface area contributed by atoms with E-state index < -0.39 is 11.7 Å². The number of carbonyl (C=O) groups is 1. The van der Waals surface area contributed by atoms with E-state index in [1.165, 1.54) is 18.2 Å². The number of halogens is 2. The van der Waals surface area contributed by atoms with Gasteiger partial charge in [0.05, 0.1) is 5.69 Å². The van der Waals surface area contributed by atoms with Crippen LogP contribution in [0.4, 0.5) is 10.1 Å². The Hall–Kier alpha value is -2.13. The molecule has 0 aliphatic rings. The first-order chi connectivity index (χ1) is 9.15. The third-order valence-electron chi connectivity index (χ3n) is 2.41. The van der Waals surface area contributed by atoms with Gasteiger partial charge in [0.1, 0.15) is 5.82 Å². The predicted molar refractivity (Wildman–Crippen MR) is 75.5 cm³/mol. The number of amides is 1. The second-order valence-electron chi connectivity index (χ2n) is 3.86. The van der Waals surface area contributed by atoms with Gasteiger partial charge >= 0.3 is 0 Å². The lowest BCUT2D eigenvalue weighted by molar-refractivity contribution is -0.111. The molecule has 0 saturated carbocycles. The SMILES string of the molecule is O=C(/C=C/c1cccc(Cl)c1)Nc1ccccc1F. The maximum atomic E-state index is 13.3. The van der Waals surface area contributed by atoms with Crippen LogP contribution < -0.4 is 5.32 Å². The molecule has 0 atom stereocenters. The van der Waals surface area contributed by atoms with Gasteiger partial charge in [-0.25, -0.2) is 4.39 Å². The average molecular weight is 276 g/mol. The normalized spacial score (nSPS) is 10.6. The van der Waals surface area contributed by atoms with Crippen molar-refractivity contribution in [2.24, 2.45) is 0 Å². The summed E-state index contributed by atoms with van der Waals surface area (Å²) in [5.41, 5.74) is 0.958. The zero-order valence-electron chi connectivity index (χ0n) is 9.94. The highest BCUT2D eigenvalue weighted by Gasteiger charge is 2.02. The van der Waals surface area contributed by atoms with Gasteiger partial charge in [-0.3, -0.25) is 4.79 Å². The third kappa shape index (κ3) is 3.93. The highest BCUT2D eigenvalue weighted by atomic mass is 35.5. The molecule has 1 N–H and O–H groups in total. The van der Waals surface area contributed by atoms with Crippen molar-refractivity contribution in [2.75, 3.05) is 5.32 Å². The third-order valence-corrected chi connectivity index (χ3v) is 2.64. The molecule has 1 amide bonds. The van der Waals surface area contributed by atoms with Gasteiger partial charge in [-0.2, -0.15) is 0 Å². The number of rotatable bonds is 3. The Bertz CT molecular complexity index is 625. The molecule has 0 aliphatic heterocycles. The molecule has 2 rings (SSSR count). The molecule has 96 valence electrons. The predicted octanol–water partition coefficient (Wildman–Crippen LogP) is 4.13. The van der Waals surface area contributed by atoms with Gasteiger partial charge < -0.3 is 5.32 Å². The number of carbonyl (C=O) groups excluding carboxylic acids is 1. The largest absolute Gasteiger partial charge is 0.320 e. The van der Waals surface area contributed by atoms with Gasteiger partial charge in [-0.1, -0.05) is 35.9 Å². The summed E-state index contributed by atoms with van der Waals surface area (Å²) in [6.45, 7) is 0. The molecule has 0 aliphatic carbocycles. The molecule has 0 radical (unpaired) electrons. The van der Waals surface area contributed by atoms with Gasteiger partial charge in [0.15, 0.2) is 0 Å². The summed E-state index contributed by atoms with van der Waals surface area (Å²) in [5.74, 6) is -0.864. The number of hydrogen-bond acceptors (Lipinski definition) is 1. The lowest BCUT2D eigenvalue weighted by Gasteiger charge is -2.02. The van der Waals surface area contributed by atoms with Crippen molar-refractivity contribution in [1.82, 2.24) is 0 Å². The molecule has 0 unspecified atom stereocenters. The first-order valence-corrected chi connectivity index (χ1v) is 6.02. The number of hydrogen-bond donors (Lipinski definition) is 1. The zero-order valence-corrected chi connectivity index (χ0v) is 10.7. The van der Waals surface area contributed by atoms with Crippen LogP contribution in [0, 0.1) is 5.82 Å². The fraction of sp³-hybridized carbons (Fsp3) is 0. The minimum absolute atomic E-state index is 0.156. The fourth-order valence-corrected chi connectivity index (χ4v) is 1.72. The summed E-state index contributed by atoms with van der Waals surface area (Å²) in [6.07, 6.45) is 2.94. The Morgan fingerprint density at radius 2 is 1.95 bits per heavy atom. The Labute approximate surface area is 115 Å². The zero-order chi connectivity index (χ0) is 13.7. The summed E-state index contributed by atoms with van der Waals surface area (Å²) >= 11 is 5.83. The fourth-order valence-electron chi connectivity index (χ4n) is 1.52. The Kier molecular flexibility index (Phi) is 4.31. The van der Waals surface area contributed by atoms with Crippen molar-refractivity contribution in [3.8, 4) is 0 Å². The Morgan fingerprint density at radius 1 is 1.16 bits per heavy atom. The molecule has 2 nitrogen and oxygen atoms in total. The lowest BCUT2D eigenvalue weighted by Crippen LogP contribution is -2.08. The summed E-state index contributed by atoms with van der Waals surface area (Å²) < 4.78 is 13.3. The maximum absolute atomic E-state index is 13.3. The van der Waals surface area contributed by atoms with Gasteiger partial charge in [0.2, 0.25) is 5.91 Å². The van der Waals surface area contributed by atoms with E-state index in [2.05, 4.69) is 5.32 Å². The summed E-state index contributed by atoms with van der Waals surface area (Å²) in [6, 6.07) is 13.1. The molecule has 0 saturated heterocycles. The lowest BCUT2D eigenvalue weighted by atomic mass is 10.2. The maximum Gasteiger partial charge on any atom is 0.248 e. The highest BCUT2D eigenvalue weighted by molar-refractivity contribution is 6.30. The number of para-hydroxylation sites is 1. The monoisotopic (exact) mass is 275 g/mol. The first-order valence-electron chi connectivity index (χ1n) is 5.64. The molecule has 2 aromatic carbocycles. The smallest absolute Gasteiger partial charge is 0.248 e. The van der Waals surface area contributed by atoms with Gasteiger partial charge in [-0.15, -0.1) is 0 Å². The van der Waals surface area contributed by atoms with E-state index in [1.54, 1.807) is 36.4 Å². The molecule has 0 aromatic heterocycles. The summed E-state index contributed by atoms with van der Waals surface area (Å²) in [7, 11) is 0. The van der Waals surface area contributed by atoms with E-state index in [0.29, 0.717) is 5.02 Å². The van der Waals surface area contributed by atoms with E-state index in [-0.39, 0.29) is 5.69 Å². The van der Waals surface area contributed by atoms with Crippen molar-refractivity contribution in [2.45, 2.75) is 0 Å². The molecular formula is C15H11ClFNO. The van der Waals surface area contributed by atoms with Crippen molar-refractivity contribution in [3.63, 3.8) is 0 Å². The summed E-state index contributed by atoms with van der Waals surface area (Å²) in [5, 5.41) is 3.06. The van der Waals surface area contributed by atoms with Crippen LogP contribution in [0.1, 0.15) is 5.56 Å². The topological polar surface area (TPSA) is 29.1 Å². The van der Waals surface area contributed by atoms with E-state index in [1.807, 2.05) is 6.07 Å². The molecule has 0 bridgehead atoms. The van der Waals surface area contributed by atoms with Crippen LogP contribution in [0.25, 0.3) is 6.08 Å². The van der Waals surface area contributed by atoms with Crippen molar-refractivity contribution in [1.29, 1.82) is 0 Å². The molecule has 2 aromatic rings. The van der Waals surface area contributed by atoms with Gasteiger partial charge in [0, 0.05) is 11.1 Å². The highest BCUT2D eigenvalue weighted by Crippen LogP contribution is 2.14. The Balaban J connectivity index is 2.04. The van der Waals surface area contributed by atoms with E-state index in [4.69, 9.17) is 11.6 Å². The summed E-state index contributed by atoms with van der Waals surface area (Å²) in [4.78, 5) is 11.6. The minimum atomic E-state index is -0.466. The van der Waals surface area contributed by atoms with E-state index in [9.17, 15) is 9.18 Å². The molecule has 0 fully saturated rings. The second kappa shape index (κ2) is 6.16. The molecule has 19 heavy (non-hydrogen) atoms. The van der Waals surface area contributed by atoms with Crippen LogP contribution in [-0.2, 0) is 4.79 Å². The number of nitrogens with one attached hydrogen (secondary N) is 1. The number of anilines is 1.